The Morgan fingerprint density at radius 1 is 0.574 bits per heavy atom. The van der Waals surface area contributed by atoms with Crippen molar-refractivity contribution in [1.29, 1.82) is 0 Å². The van der Waals surface area contributed by atoms with Crippen LogP contribution in [0.15, 0.2) is 109 Å². The normalized spacial score (nSPS) is 21.5. The monoisotopic (exact) mass is 852 g/mol. The first-order valence-electron chi connectivity index (χ1n) is 23.6. The lowest BCUT2D eigenvalue weighted by Gasteiger charge is -2.40. The molecule has 0 radical (unpaired) electrons. The summed E-state index contributed by atoms with van der Waals surface area (Å²) >= 11 is 0. The van der Waals surface area contributed by atoms with Gasteiger partial charge in [-0.3, -0.25) is 4.79 Å². The number of carbonyl (C=O) groups is 1. The van der Waals surface area contributed by atoms with Crippen molar-refractivity contribution in [2.75, 3.05) is 13.2 Å². The number of hydrogen-bond donors (Lipinski definition) is 6. The number of hydrogen-bond acceptors (Lipinski definition) is 8. The summed E-state index contributed by atoms with van der Waals surface area (Å²) in [5.74, 6) is -0.208. The van der Waals surface area contributed by atoms with Gasteiger partial charge in [0, 0.05) is 6.42 Å². The van der Waals surface area contributed by atoms with E-state index in [9.17, 15) is 30.3 Å². The zero-order valence-electron chi connectivity index (χ0n) is 37.9. The molecule has 61 heavy (non-hydrogen) atoms. The fraction of sp³-hybridized carbons (Fsp3) is 0.635. The SMILES string of the molecule is CC/C=C\C/C=C\C/C=C\C/C=C\C/C=C\C/C=C\C/C=C\CCCCCCCCCC(=O)NC(COC1OC(CO)C(O)C(O)C1O)C(O)/C=C/CC/C=C/CCCCC. The fourth-order valence-electron chi connectivity index (χ4n) is 6.56. The van der Waals surface area contributed by atoms with Crippen LogP contribution in [0.3, 0.4) is 0 Å². The first-order valence-corrected chi connectivity index (χ1v) is 23.6. The second-order valence-electron chi connectivity index (χ2n) is 15.8. The second kappa shape index (κ2) is 40.9. The van der Waals surface area contributed by atoms with E-state index in [1.54, 1.807) is 6.08 Å². The Hall–Kier alpha value is -3.15. The number of rotatable bonds is 37. The number of aliphatic hydroxyl groups excluding tert-OH is 5. The lowest BCUT2D eigenvalue weighted by atomic mass is 9.99. The molecule has 9 heteroatoms. The van der Waals surface area contributed by atoms with Crippen LogP contribution in [0.1, 0.15) is 155 Å². The molecule has 1 aliphatic rings. The molecule has 0 aromatic carbocycles. The lowest BCUT2D eigenvalue weighted by Crippen LogP contribution is -2.60. The van der Waals surface area contributed by atoms with E-state index in [0.29, 0.717) is 6.42 Å². The van der Waals surface area contributed by atoms with Crippen molar-refractivity contribution in [3.8, 4) is 0 Å². The molecule has 1 saturated heterocycles. The Labute approximate surface area is 370 Å². The number of unbranched alkanes of at least 4 members (excludes halogenated alkanes) is 11. The van der Waals surface area contributed by atoms with E-state index in [0.717, 1.165) is 96.3 Å². The van der Waals surface area contributed by atoms with Crippen LogP contribution in [-0.4, -0.2) is 87.5 Å². The second-order valence-corrected chi connectivity index (χ2v) is 15.8. The molecule has 9 nitrogen and oxygen atoms in total. The van der Waals surface area contributed by atoms with Gasteiger partial charge in [0.2, 0.25) is 5.91 Å². The summed E-state index contributed by atoms with van der Waals surface area (Å²) in [6.45, 7) is 3.55. The zero-order valence-corrected chi connectivity index (χ0v) is 37.9. The molecule has 1 amide bonds. The summed E-state index contributed by atoms with van der Waals surface area (Å²) in [6, 6.07) is -0.833. The van der Waals surface area contributed by atoms with Crippen molar-refractivity contribution in [3.05, 3.63) is 109 Å². The maximum atomic E-state index is 12.9. The van der Waals surface area contributed by atoms with Gasteiger partial charge < -0.3 is 40.3 Å². The van der Waals surface area contributed by atoms with Gasteiger partial charge in [-0.25, -0.2) is 0 Å². The average Bonchev–Trinajstić information content (AvgIpc) is 3.26. The Morgan fingerprint density at radius 3 is 1.57 bits per heavy atom. The van der Waals surface area contributed by atoms with Crippen molar-refractivity contribution in [2.45, 2.75) is 198 Å². The Morgan fingerprint density at radius 2 is 1.03 bits per heavy atom. The predicted molar refractivity (Wildman–Crippen MR) is 253 cm³/mol. The third-order valence-electron chi connectivity index (χ3n) is 10.3. The Bertz CT molecular complexity index is 1310. The molecule has 346 valence electrons. The molecule has 0 saturated carbocycles. The number of aliphatic hydroxyl groups is 5. The number of carbonyl (C=O) groups excluding carboxylic acids is 1. The molecule has 0 aromatic heterocycles. The van der Waals surface area contributed by atoms with Crippen LogP contribution in [0.2, 0.25) is 0 Å². The van der Waals surface area contributed by atoms with Crippen LogP contribution < -0.4 is 5.32 Å². The van der Waals surface area contributed by atoms with E-state index in [-0.39, 0.29) is 12.5 Å². The minimum Gasteiger partial charge on any atom is -0.394 e. The molecular formula is C52H85NO8. The average molecular weight is 852 g/mol. The van der Waals surface area contributed by atoms with Crippen LogP contribution in [0.5, 0.6) is 0 Å². The van der Waals surface area contributed by atoms with E-state index in [4.69, 9.17) is 9.47 Å². The van der Waals surface area contributed by atoms with E-state index in [2.05, 4.69) is 116 Å². The number of amides is 1. The van der Waals surface area contributed by atoms with Crippen molar-refractivity contribution in [1.82, 2.24) is 5.32 Å². The highest BCUT2D eigenvalue weighted by Gasteiger charge is 2.44. The van der Waals surface area contributed by atoms with Gasteiger partial charge in [0.25, 0.3) is 0 Å². The van der Waals surface area contributed by atoms with Gasteiger partial charge in [-0.15, -0.1) is 0 Å². The van der Waals surface area contributed by atoms with E-state index >= 15 is 0 Å². The summed E-state index contributed by atoms with van der Waals surface area (Å²) in [5, 5.41) is 54.0. The molecule has 0 bridgehead atoms. The Kier molecular flexibility index (Phi) is 37.5. The third kappa shape index (κ3) is 31.4. The summed E-state index contributed by atoms with van der Waals surface area (Å²) in [5.41, 5.74) is 0. The first-order chi connectivity index (χ1) is 29.8. The standard InChI is InChI=1S/C52H85NO8/c1-3-5-7-9-11-13-14-15-16-17-18-19-20-21-22-23-24-25-26-27-28-29-30-31-32-34-36-38-40-42-48(56)53-45(46(55)41-39-37-35-33-12-10-8-6-4-2)44-60-52-51(59)50(58)49(57)47(43-54)61-52/h5,7,11-13,15-16,18-19,21-22,24-25,27-28,33,39,41,45-47,49-52,54-55,57-59H,3-4,6,8-10,14,17,20,23,26,29-32,34-38,40,42-44H2,1-2H3,(H,53,56)/b7-5-,13-11-,16-15-,19-18-,22-21-,25-24-,28-27-,33-12+,41-39+. The third-order valence-corrected chi connectivity index (χ3v) is 10.3. The molecular weight excluding hydrogens is 767 g/mol. The van der Waals surface area contributed by atoms with Crippen molar-refractivity contribution >= 4 is 5.91 Å². The minimum absolute atomic E-state index is 0.208. The van der Waals surface area contributed by atoms with Gasteiger partial charge in [-0.05, 0) is 89.9 Å². The van der Waals surface area contributed by atoms with Crippen molar-refractivity contribution in [3.63, 3.8) is 0 Å². The predicted octanol–water partition coefficient (Wildman–Crippen LogP) is 10.3. The fourth-order valence-corrected chi connectivity index (χ4v) is 6.56. The molecule has 6 N–H and O–H groups in total. The highest BCUT2D eigenvalue weighted by molar-refractivity contribution is 5.76. The van der Waals surface area contributed by atoms with Crippen molar-refractivity contribution in [2.24, 2.45) is 0 Å². The quantitative estimate of drug-likeness (QED) is 0.0267. The molecule has 1 rings (SSSR count). The number of nitrogens with one attached hydrogen (secondary N) is 1. The van der Waals surface area contributed by atoms with Gasteiger partial charge in [0.05, 0.1) is 25.4 Å². The number of ether oxygens (including phenoxy) is 2. The van der Waals surface area contributed by atoms with Gasteiger partial charge in [-0.1, -0.05) is 168 Å². The van der Waals surface area contributed by atoms with Crippen molar-refractivity contribution < 1.29 is 39.8 Å². The molecule has 1 fully saturated rings. The molecule has 7 unspecified atom stereocenters. The first kappa shape index (κ1) is 55.9. The molecule has 0 aliphatic carbocycles. The van der Waals surface area contributed by atoms with Crippen LogP contribution >= 0.6 is 0 Å². The summed E-state index contributed by atoms with van der Waals surface area (Å²) in [7, 11) is 0. The highest BCUT2D eigenvalue weighted by Crippen LogP contribution is 2.22. The minimum atomic E-state index is -1.58. The molecule has 1 heterocycles. The summed E-state index contributed by atoms with van der Waals surface area (Å²) in [6.07, 6.45) is 52.9. The van der Waals surface area contributed by atoms with E-state index in [1.807, 2.05) is 6.08 Å². The largest absolute Gasteiger partial charge is 0.394 e. The van der Waals surface area contributed by atoms with Crippen LogP contribution in [0.25, 0.3) is 0 Å². The smallest absolute Gasteiger partial charge is 0.220 e. The zero-order chi connectivity index (χ0) is 44.4. The van der Waals surface area contributed by atoms with Gasteiger partial charge in [-0.2, -0.15) is 0 Å². The summed E-state index contributed by atoms with van der Waals surface area (Å²) in [4.78, 5) is 12.9. The maximum absolute atomic E-state index is 12.9. The molecule has 7 atom stereocenters. The lowest BCUT2D eigenvalue weighted by molar-refractivity contribution is -0.302. The van der Waals surface area contributed by atoms with Crippen LogP contribution in [0, 0.1) is 0 Å². The Balaban J connectivity index is 2.25. The number of allylic oxidation sites excluding steroid dienone is 17. The highest BCUT2D eigenvalue weighted by atomic mass is 16.7. The topological polar surface area (TPSA) is 149 Å². The molecule has 0 aromatic rings. The maximum Gasteiger partial charge on any atom is 0.220 e. The van der Waals surface area contributed by atoms with Gasteiger partial charge in [0.15, 0.2) is 6.29 Å². The summed E-state index contributed by atoms with van der Waals surface area (Å²) < 4.78 is 11.2. The molecule has 0 spiro atoms. The van der Waals surface area contributed by atoms with E-state index in [1.165, 1.54) is 38.5 Å². The van der Waals surface area contributed by atoms with Crippen LogP contribution in [0.4, 0.5) is 0 Å². The van der Waals surface area contributed by atoms with Gasteiger partial charge in [0.1, 0.15) is 24.4 Å². The molecule has 1 aliphatic heterocycles. The van der Waals surface area contributed by atoms with E-state index < -0.39 is 49.5 Å². The van der Waals surface area contributed by atoms with Crippen LogP contribution in [-0.2, 0) is 14.3 Å². The van der Waals surface area contributed by atoms with Gasteiger partial charge >= 0.3 is 0 Å².